The van der Waals surface area contributed by atoms with Gasteiger partial charge >= 0.3 is 5.97 Å². The van der Waals surface area contributed by atoms with Crippen LogP contribution in [-0.4, -0.2) is 11.1 Å². The number of halogens is 2. The lowest BCUT2D eigenvalue weighted by atomic mass is 10.0. The third-order valence-electron chi connectivity index (χ3n) is 1.79. The molecule has 1 aromatic rings. The predicted octanol–water partition coefficient (Wildman–Crippen LogP) is 2.48. The minimum atomic E-state index is -2.98. The summed E-state index contributed by atoms with van der Waals surface area (Å²) in [6.07, 6.45) is -2.98. The van der Waals surface area contributed by atoms with E-state index < -0.39 is 23.5 Å². The summed E-state index contributed by atoms with van der Waals surface area (Å²) in [6.45, 7) is 0. The van der Waals surface area contributed by atoms with Crippen LogP contribution in [0.1, 0.15) is 27.9 Å². The zero-order valence-electron chi connectivity index (χ0n) is 7.24. The zero-order valence-corrected chi connectivity index (χ0v) is 8.13. The van der Waals surface area contributed by atoms with Gasteiger partial charge in [0.1, 0.15) is 6.07 Å². The molecule has 0 aromatic heterocycles. The van der Waals surface area contributed by atoms with E-state index in [1.165, 1.54) is 0 Å². The van der Waals surface area contributed by atoms with E-state index in [0.717, 1.165) is 12.1 Å². The quantitative estimate of drug-likeness (QED) is 0.766. The van der Waals surface area contributed by atoms with Crippen LogP contribution in [0.5, 0.6) is 0 Å². The summed E-state index contributed by atoms with van der Waals surface area (Å²) < 4.78 is 25.1. The van der Waals surface area contributed by atoms with Crippen molar-refractivity contribution in [2.75, 3.05) is 0 Å². The van der Waals surface area contributed by atoms with Gasteiger partial charge in [0.25, 0.3) is 6.43 Å². The standard InChI is InChI=1S/C9H5F2NO2S/c10-8(11)6-5(9(13)14)2-1-4(3-12)7(6)15/h1-2,8,15H,(H,13,14). The zero-order chi connectivity index (χ0) is 11.6. The molecule has 0 heterocycles. The third-order valence-corrected chi connectivity index (χ3v) is 2.27. The van der Waals surface area contributed by atoms with Crippen molar-refractivity contribution in [3.05, 3.63) is 28.8 Å². The third kappa shape index (κ3) is 2.07. The number of thiol groups is 1. The summed E-state index contributed by atoms with van der Waals surface area (Å²) >= 11 is 3.73. The Morgan fingerprint density at radius 2 is 2.13 bits per heavy atom. The molecular formula is C9H5F2NO2S. The van der Waals surface area contributed by atoms with Gasteiger partial charge in [-0.15, -0.1) is 12.6 Å². The van der Waals surface area contributed by atoms with Gasteiger partial charge in [-0.1, -0.05) is 0 Å². The van der Waals surface area contributed by atoms with E-state index in [9.17, 15) is 13.6 Å². The van der Waals surface area contributed by atoms with Gasteiger partial charge in [-0.05, 0) is 12.1 Å². The van der Waals surface area contributed by atoms with Crippen molar-refractivity contribution in [2.45, 2.75) is 11.3 Å². The number of alkyl halides is 2. The number of nitriles is 1. The first-order valence-corrected chi connectivity index (χ1v) is 4.21. The van der Waals surface area contributed by atoms with Crippen LogP contribution in [0.4, 0.5) is 8.78 Å². The van der Waals surface area contributed by atoms with Gasteiger partial charge in [0.05, 0.1) is 11.1 Å². The van der Waals surface area contributed by atoms with Gasteiger partial charge in [-0.3, -0.25) is 0 Å². The molecule has 15 heavy (non-hydrogen) atoms. The molecule has 1 aromatic carbocycles. The van der Waals surface area contributed by atoms with E-state index in [2.05, 4.69) is 12.6 Å². The second kappa shape index (κ2) is 4.28. The minimum Gasteiger partial charge on any atom is -0.478 e. The SMILES string of the molecule is N#Cc1ccc(C(=O)O)c(C(F)F)c1S. The number of hydrogen-bond donors (Lipinski definition) is 2. The number of carbonyl (C=O) groups is 1. The molecule has 1 rings (SSSR count). The number of rotatable bonds is 2. The largest absolute Gasteiger partial charge is 0.478 e. The second-order valence-electron chi connectivity index (χ2n) is 2.64. The molecule has 3 nitrogen and oxygen atoms in total. The van der Waals surface area contributed by atoms with Gasteiger partial charge in [-0.25, -0.2) is 13.6 Å². The highest BCUT2D eigenvalue weighted by Gasteiger charge is 2.22. The van der Waals surface area contributed by atoms with Gasteiger partial charge in [-0.2, -0.15) is 5.26 Å². The predicted molar refractivity (Wildman–Crippen MR) is 50.3 cm³/mol. The Hall–Kier alpha value is -1.61. The van der Waals surface area contributed by atoms with Crippen LogP contribution in [0, 0.1) is 11.3 Å². The molecule has 0 radical (unpaired) electrons. The molecule has 78 valence electrons. The fourth-order valence-corrected chi connectivity index (χ4v) is 1.45. The number of carboxylic acid groups (broad SMARTS) is 1. The molecule has 0 aliphatic carbocycles. The molecule has 0 aliphatic rings. The summed E-state index contributed by atoms with van der Waals surface area (Å²) in [5, 5.41) is 17.2. The molecular weight excluding hydrogens is 224 g/mol. The lowest BCUT2D eigenvalue weighted by Crippen LogP contribution is -2.05. The molecule has 0 spiro atoms. The molecule has 0 bridgehead atoms. The maximum absolute atomic E-state index is 12.5. The topological polar surface area (TPSA) is 61.1 Å². The van der Waals surface area contributed by atoms with Crippen LogP contribution in [0.15, 0.2) is 17.0 Å². The molecule has 0 atom stereocenters. The van der Waals surface area contributed by atoms with Gasteiger partial charge in [0, 0.05) is 10.5 Å². The number of carboxylic acids is 1. The van der Waals surface area contributed by atoms with Crippen LogP contribution in [-0.2, 0) is 0 Å². The normalized spacial score (nSPS) is 10.1. The van der Waals surface area contributed by atoms with Crippen molar-refractivity contribution in [3.8, 4) is 6.07 Å². The van der Waals surface area contributed by atoms with Gasteiger partial charge < -0.3 is 5.11 Å². The Balaban J connectivity index is 3.53. The summed E-state index contributed by atoms with van der Waals surface area (Å²) in [6, 6.07) is 3.78. The fraction of sp³-hybridized carbons (Fsp3) is 0.111. The summed E-state index contributed by atoms with van der Waals surface area (Å²) in [7, 11) is 0. The van der Waals surface area contributed by atoms with E-state index >= 15 is 0 Å². The summed E-state index contributed by atoms with van der Waals surface area (Å²) in [5.41, 5.74) is -1.32. The van der Waals surface area contributed by atoms with E-state index in [1.54, 1.807) is 6.07 Å². The van der Waals surface area contributed by atoms with Crippen molar-refractivity contribution in [3.63, 3.8) is 0 Å². The van der Waals surface area contributed by atoms with Crippen LogP contribution >= 0.6 is 12.6 Å². The molecule has 0 fully saturated rings. The summed E-state index contributed by atoms with van der Waals surface area (Å²) in [5.74, 6) is -1.47. The molecule has 0 saturated carbocycles. The van der Waals surface area contributed by atoms with Crippen LogP contribution < -0.4 is 0 Å². The van der Waals surface area contributed by atoms with Crippen molar-refractivity contribution < 1.29 is 18.7 Å². The lowest BCUT2D eigenvalue weighted by Gasteiger charge is -2.08. The fourth-order valence-electron chi connectivity index (χ4n) is 1.11. The molecule has 0 saturated heterocycles. The number of nitrogens with zero attached hydrogens (tertiary/aromatic N) is 1. The maximum Gasteiger partial charge on any atom is 0.336 e. The van der Waals surface area contributed by atoms with Gasteiger partial charge in [0.15, 0.2) is 0 Å². The first-order chi connectivity index (χ1) is 6.99. The highest BCUT2D eigenvalue weighted by atomic mass is 32.1. The van der Waals surface area contributed by atoms with Crippen LogP contribution in [0.2, 0.25) is 0 Å². The van der Waals surface area contributed by atoms with Crippen molar-refractivity contribution >= 4 is 18.6 Å². The van der Waals surface area contributed by atoms with E-state index in [4.69, 9.17) is 10.4 Å². The molecule has 0 aliphatic heterocycles. The minimum absolute atomic E-state index is 0.0707. The average Bonchev–Trinajstić information content (AvgIpc) is 2.16. The highest BCUT2D eigenvalue weighted by Crippen LogP contribution is 2.31. The molecule has 6 heteroatoms. The Bertz CT molecular complexity index is 454. The number of hydrogen-bond acceptors (Lipinski definition) is 3. The van der Waals surface area contributed by atoms with Crippen molar-refractivity contribution in [2.24, 2.45) is 0 Å². The first kappa shape index (κ1) is 11.5. The molecule has 0 amide bonds. The Morgan fingerprint density at radius 1 is 1.53 bits per heavy atom. The monoisotopic (exact) mass is 229 g/mol. The Kier molecular flexibility index (Phi) is 3.27. The van der Waals surface area contributed by atoms with Gasteiger partial charge in [0.2, 0.25) is 0 Å². The molecule has 1 N–H and O–H groups in total. The summed E-state index contributed by atoms with van der Waals surface area (Å²) in [4.78, 5) is 10.3. The van der Waals surface area contributed by atoms with Crippen molar-refractivity contribution in [1.82, 2.24) is 0 Å². The Labute approximate surface area is 89.4 Å². The van der Waals surface area contributed by atoms with Crippen molar-refractivity contribution in [1.29, 1.82) is 5.26 Å². The lowest BCUT2D eigenvalue weighted by molar-refractivity contribution is 0.0683. The van der Waals surface area contributed by atoms with E-state index in [-0.39, 0.29) is 10.5 Å². The Morgan fingerprint density at radius 3 is 2.53 bits per heavy atom. The maximum atomic E-state index is 12.5. The molecule has 0 unspecified atom stereocenters. The highest BCUT2D eigenvalue weighted by molar-refractivity contribution is 7.80. The first-order valence-electron chi connectivity index (χ1n) is 3.76. The second-order valence-corrected chi connectivity index (χ2v) is 3.09. The smallest absolute Gasteiger partial charge is 0.336 e. The number of aromatic carboxylic acids is 1. The van der Waals surface area contributed by atoms with Crippen LogP contribution in [0.25, 0.3) is 0 Å². The van der Waals surface area contributed by atoms with Crippen LogP contribution in [0.3, 0.4) is 0 Å². The average molecular weight is 229 g/mol. The number of benzene rings is 1. The van der Waals surface area contributed by atoms with E-state index in [0.29, 0.717) is 0 Å². The van der Waals surface area contributed by atoms with E-state index in [1.807, 2.05) is 0 Å².